The first-order valence-corrected chi connectivity index (χ1v) is 29.3. The summed E-state index contributed by atoms with van der Waals surface area (Å²) in [6, 6.07) is 68.6. The third-order valence-electron chi connectivity index (χ3n) is 17.3. The van der Waals surface area contributed by atoms with Crippen molar-refractivity contribution in [3.05, 3.63) is 258 Å². The Balaban J connectivity index is 0.848. The Labute approximate surface area is 481 Å². The molecule has 0 saturated heterocycles. The van der Waals surface area contributed by atoms with Gasteiger partial charge in [-0.15, -0.1) is 11.3 Å². The van der Waals surface area contributed by atoms with E-state index < -0.39 is 0 Å². The Bertz CT molecular complexity index is 5430. The van der Waals surface area contributed by atoms with Gasteiger partial charge in [-0.05, 0) is 157 Å². The van der Waals surface area contributed by atoms with Gasteiger partial charge in [0.15, 0.2) is 0 Å². The molecule has 0 fully saturated rings. The number of hydrogen-bond acceptors (Lipinski definition) is 4. The lowest BCUT2D eigenvalue weighted by Crippen LogP contribution is -2.27. The lowest BCUT2D eigenvalue weighted by atomic mass is 9.96. The Kier molecular flexibility index (Phi) is 10.6. The molecule has 0 radical (unpaired) electrons. The molecule has 15 aromatic rings. The first-order valence-electron chi connectivity index (χ1n) is 28.5. The fraction of sp³-hybridized carbons (Fsp3) is 0.0533. The number of allylic oxidation sites excluding steroid dienone is 3. The molecule has 0 unspecified atom stereocenters. The van der Waals surface area contributed by atoms with Gasteiger partial charge in [-0.3, -0.25) is 14.1 Å². The molecule has 0 atom stereocenters. The van der Waals surface area contributed by atoms with Gasteiger partial charge in [-0.25, -0.2) is 4.98 Å². The van der Waals surface area contributed by atoms with E-state index in [1.807, 2.05) is 18.5 Å². The zero-order chi connectivity index (χ0) is 54.9. The molecule has 83 heavy (non-hydrogen) atoms. The first kappa shape index (κ1) is 47.4. The zero-order valence-electron chi connectivity index (χ0n) is 45.3. The highest BCUT2D eigenvalue weighted by Gasteiger charge is 2.25. The molecule has 0 N–H and O–H groups in total. The van der Waals surface area contributed by atoms with Crippen LogP contribution in [0.3, 0.4) is 0 Å². The molecule has 7 aromatic heterocycles. The van der Waals surface area contributed by atoms with E-state index in [1.165, 1.54) is 81.1 Å². The van der Waals surface area contributed by atoms with Crippen LogP contribution >= 0.6 is 11.3 Å². The Hall–Kier alpha value is -10.4. The number of hydrogen-bond donors (Lipinski definition) is 0. The summed E-state index contributed by atoms with van der Waals surface area (Å²) in [6.45, 7) is 9.04. The van der Waals surface area contributed by atoms with Crippen molar-refractivity contribution in [3.8, 4) is 56.7 Å². The number of aryl methyl sites for hydroxylation is 1. The van der Waals surface area contributed by atoms with Crippen molar-refractivity contribution in [2.45, 2.75) is 25.7 Å². The monoisotopic (exact) mass is 1080 g/mol. The molecule has 0 amide bonds. The second kappa shape index (κ2) is 18.6. The SMILES string of the molecule is C=C/C=c1\c(=C)n(-c2cc(-c3ccc4sc5ccncc5c4c3)nc(-n3c4c(c5cc(-c6ccc7c(c6)c6c(n7-c7ccccc7)CCC=C6)ccc53)CCC=C4)n2)c2ccc(-c3ccc4c(c3)c3ccccc3n4-c3ccccc3)cc12. The summed E-state index contributed by atoms with van der Waals surface area (Å²) in [5.41, 5.74) is 19.5. The molecule has 2 aliphatic carbocycles. The van der Waals surface area contributed by atoms with E-state index in [0.29, 0.717) is 5.95 Å². The molecular formula is C75H51N7S. The van der Waals surface area contributed by atoms with E-state index in [2.05, 4.69) is 248 Å². The summed E-state index contributed by atoms with van der Waals surface area (Å²) in [6.07, 6.45) is 20.9. The van der Waals surface area contributed by atoms with E-state index in [4.69, 9.17) is 16.5 Å². The summed E-state index contributed by atoms with van der Waals surface area (Å²) in [5.74, 6) is 1.32. The van der Waals surface area contributed by atoms with E-state index in [9.17, 15) is 0 Å². The summed E-state index contributed by atoms with van der Waals surface area (Å²) in [4.78, 5) is 15.8. The second-order valence-electron chi connectivity index (χ2n) is 21.9. The van der Waals surface area contributed by atoms with Gasteiger partial charge >= 0.3 is 0 Å². The second-order valence-corrected chi connectivity index (χ2v) is 23.0. The van der Waals surface area contributed by atoms with Gasteiger partial charge in [0.25, 0.3) is 0 Å². The molecular weight excluding hydrogens is 1030 g/mol. The number of thiophene rings is 1. The summed E-state index contributed by atoms with van der Waals surface area (Å²) >= 11 is 1.79. The maximum Gasteiger partial charge on any atom is 0.237 e. The van der Waals surface area contributed by atoms with Crippen LogP contribution in [0.4, 0.5) is 0 Å². The van der Waals surface area contributed by atoms with Crippen LogP contribution in [0, 0.1) is 0 Å². The lowest BCUT2D eigenvalue weighted by Gasteiger charge is -2.15. The molecule has 8 heteroatoms. The lowest BCUT2D eigenvalue weighted by molar-refractivity contribution is 0.888. The predicted molar refractivity (Wildman–Crippen MR) is 348 cm³/mol. The maximum absolute atomic E-state index is 5.65. The number of nitrogens with zero attached hydrogens (tertiary/aromatic N) is 7. The largest absolute Gasteiger partial charge is 0.313 e. The third kappa shape index (κ3) is 7.32. The van der Waals surface area contributed by atoms with Crippen molar-refractivity contribution in [3.63, 3.8) is 0 Å². The van der Waals surface area contributed by atoms with Crippen LogP contribution in [-0.2, 0) is 12.8 Å². The number of aromatic nitrogens is 7. The minimum Gasteiger partial charge on any atom is -0.313 e. The van der Waals surface area contributed by atoms with Crippen LogP contribution in [0.5, 0.6) is 0 Å². The van der Waals surface area contributed by atoms with Crippen molar-refractivity contribution >= 4 is 111 Å². The molecule has 2 aliphatic rings. The van der Waals surface area contributed by atoms with Crippen LogP contribution in [0.1, 0.15) is 35.4 Å². The topological polar surface area (TPSA) is 58.4 Å². The van der Waals surface area contributed by atoms with Crippen molar-refractivity contribution in [2.75, 3.05) is 0 Å². The minimum atomic E-state index is 0.595. The average Bonchev–Trinajstić information content (AvgIpc) is 3.59. The van der Waals surface area contributed by atoms with Crippen LogP contribution in [0.25, 0.3) is 156 Å². The van der Waals surface area contributed by atoms with Crippen molar-refractivity contribution in [1.82, 2.24) is 33.2 Å². The molecule has 7 nitrogen and oxygen atoms in total. The summed E-state index contributed by atoms with van der Waals surface area (Å²) in [7, 11) is 0. The third-order valence-corrected chi connectivity index (χ3v) is 18.5. The van der Waals surface area contributed by atoms with E-state index in [0.717, 1.165) is 103 Å². The number of fused-ring (bicyclic) bond motifs is 13. The summed E-state index contributed by atoms with van der Waals surface area (Å²) < 4.78 is 11.7. The number of benzene rings is 8. The van der Waals surface area contributed by atoms with E-state index in [1.54, 1.807) is 11.3 Å². The predicted octanol–water partition coefficient (Wildman–Crippen LogP) is 17.5. The quantitative estimate of drug-likeness (QED) is 0.152. The van der Waals surface area contributed by atoms with Gasteiger partial charge in [0.2, 0.25) is 5.95 Å². The van der Waals surface area contributed by atoms with Gasteiger partial charge in [-0.2, -0.15) is 4.98 Å². The first-order chi connectivity index (χ1) is 41.0. The van der Waals surface area contributed by atoms with Gasteiger partial charge in [0, 0.05) is 104 Å². The van der Waals surface area contributed by atoms with E-state index in [-0.39, 0.29) is 0 Å². The van der Waals surface area contributed by atoms with Gasteiger partial charge < -0.3 is 9.13 Å². The van der Waals surface area contributed by atoms with Gasteiger partial charge in [0.05, 0.1) is 39.0 Å². The van der Waals surface area contributed by atoms with Gasteiger partial charge in [0.1, 0.15) is 5.82 Å². The Morgan fingerprint density at radius 2 is 1.07 bits per heavy atom. The minimum absolute atomic E-state index is 0.595. The van der Waals surface area contributed by atoms with Crippen LogP contribution in [-0.4, -0.2) is 33.2 Å². The molecule has 392 valence electrons. The van der Waals surface area contributed by atoms with E-state index >= 15 is 0 Å². The van der Waals surface area contributed by atoms with Crippen molar-refractivity contribution < 1.29 is 0 Å². The smallest absolute Gasteiger partial charge is 0.237 e. The standard InChI is InChI=1S/C75H51N7S/c1-3-16-54-46(2)79(68-32-27-47(39-58(54)68)48-28-33-69-59(40-48)55-21-10-13-24-65(55)80(69)52-17-6-4-7-18-52)74-44-64(51-31-36-72-62(43-51)63-45-76-38-37-73(63)83-72)77-75(78-74)82-67-26-15-12-23-57(67)61-42-50(30-35-71(61)82)49-29-34-70-60(41-49)56-22-11-14-25-66(56)81(70)53-19-8-5-9-20-53/h3-11,13,15-22,24,26-45H,1-2,12,14,23,25H2/b54-16+. The Morgan fingerprint density at radius 3 is 1.84 bits per heavy atom. The fourth-order valence-corrected chi connectivity index (χ4v) is 14.6. The molecule has 0 bridgehead atoms. The van der Waals surface area contributed by atoms with Crippen molar-refractivity contribution in [1.29, 1.82) is 0 Å². The van der Waals surface area contributed by atoms with Crippen molar-refractivity contribution in [2.24, 2.45) is 0 Å². The van der Waals surface area contributed by atoms with Crippen LogP contribution in [0.2, 0.25) is 0 Å². The summed E-state index contributed by atoms with van der Waals surface area (Å²) in [5, 5.41) is 10.1. The number of rotatable bonds is 8. The highest BCUT2D eigenvalue weighted by atomic mass is 32.1. The fourth-order valence-electron chi connectivity index (χ4n) is 13.6. The molecule has 7 heterocycles. The average molecular weight is 1080 g/mol. The highest BCUT2D eigenvalue weighted by molar-refractivity contribution is 7.25. The van der Waals surface area contributed by atoms with Crippen LogP contribution in [0.15, 0.2) is 225 Å². The normalized spacial score (nSPS) is 13.4. The number of para-hydroxylation sites is 3. The number of pyridine rings is 1. The van der Waals surface area contributed by atoms with Crippen LogP contribution < -0.4 is 10.6 Å². The maximum atomic E-state index is 5.65. The molecule has 8 aromatic carbocycles. The highest BCUT2D eigenvalue weighted by Crippen LogP contribution is 2.42. The molecule has 0 aliphatic heterocycles. The Morgan fingerprint density at radius 1 is 0.470 bits per heavy atom. The van der Waals surface area contributed by atoms with Gasteiger partial charge in [-0.1, -0.05) is 128 Å². The molecule has 0 saturated carbocycles. The molecule has 17 rings (SSSR count). The zero-order valence-corrected chi connectivity index (χ0v) is 46.1. The molecule has 0 spiro atoms.